The first kappa shape index (κ1) is 13.6. The first-order valence-electron chi connectivity index (χ1n) is 5.29. The number of rotatable bonds is 2. The zero-order valence-corrected chi connectivity index (χ0v) is 9.91. The van der Waals surface area contributed by atoms with Crippen molar-refractivity contribution < 1.29 is 19.7 Å². The molecule has 0 aliphatic rings. The number of ether oxygens (including phenoxy) is 1. The van der Waals surface area contributed by atoms with Crippen LogP contribution in [0.1, 0.15) is 5.56 Å². The van der Waals surface area contributed by atoms with Crippen LogP contribution in [0.2, 0.25) is 0 Å². The molecule has 0 unspecified atom stereocenters. The Kier molecular flexibility index (Phi) is 5.25. The molecule has 0 saturated carbocycles. The summed E-state index contributed by atoms with van der Waals surface area (Å²) in [6, 6.07) is 17.8. The highest BCUT2D eigenvalue weighted by Gasteiger charge is 1.94. The fourth-order valence-electron chi connectivity index (χ4n) is 1.23. The smallest absolute Gasteiger partial charge is 0.457 e. The topological polar surface area (TPSA) is 66.8 Å². The summed E-state index contributed by atoms with van der Waals surface area (Å²) < 4.78 is 5.63. The number of para-hydroxylation sites is 1. The zero-order chi connectivity index (χ0) is 13.4. The van der Waals surface area contributed by atoms with Gasteiger partial charge in [0.25, 0.3) is 0 Å². The standard InChI is InChI=1S/C13H12O.CH2O3/c1-11-7-9-13(10-8-11)14-12-5-3-2-4-6-12;2-1(3)4/h2-10H,1H3;(H2,2,3,4). The Labute approximate surface area is 105 Å². The Morgan fingerprint density at radius 1 is 0.889 bits per heavy atom. The second-order valence-electron chi connectivity index (χ2n) is 3.51. The van der Waals surface area contributed by atoms with Crippen molar-refractivity contribution in [3.63, 3.8) is 0 Å². The third-order valence-corrected chi connectivity index (χ3v) is 2.00. The molecule has 0 bridgehead atoms. The van der Waals surface area contributed by atoms with Gasteiger partial charge < -0.3 is 14.9 Å². The molecule has 0 atom stereocenters. The molecule has 18 heavy (non-hydrogen) atoms. The molecule has 0 fully saturated rings. The van der Waals surface area contributed by atoms with E-state index in [0.717, 1.165) is 11.5 Å². The quantitative estimate of drug-likeness (QED) is 0.840. The molecule has 0 saturated heterocycles. The first-order valence-corrected chi connectivity index (χ1v) is 5.29. The fourth-order valence-corrected chi connectivity index (χ4v) is 1.23. The van der Waals surface area contributed by atoms with Crippen LogP contribution < -0.4 is 4.74 Å². The highest BCUT2D eigenvalue weighted by atomic mass is 16.6. The van der Waals surface area contributed by atoms with Gasteiger partial charge in [0.15, 0.2) is 0 Å². The zero-order valence-electron chi connectivity index (χ0n) is 9.91. The maximum absolute atomic E-state index is 8.56. The molecule has 2 aromatic rings. The molecule has 0 aliphatic carbocycles. The number of hydrogen-bond donors (Lipinski definition) is 2. The maximum atomic E-state index is 8.56. The van der Waals surface area contributed by atoms with E-state index >= 15 is 0 Å². The summed E-state index contributed by atoms with van der Waals surface area (Å²) in [6.45, 7) is 2.06. The van der Waals surface area contributed by atoms with E-state index in [1.165, 1.54) is 5.56 Å². The lowest BCUT2D eigenvalue weighted by molar-refractivity contribution is 0.137. The molecule has 2 rings (SSSR count). The molecule has 94 valence electrons. The average Bonchev–Trinajstić information content (AvgIpc) is 2.33. The Morgan fingerprint density at radius 2 is 1.33 bits per heavy atom. The molecular formula is C14H14O4. The second-order valence-corrected chi connectivity index (χ2v) is 3.51. The molecule has 2 N–H and O–H groups in total. The van der Waals surface area contributed by atoms with Gasteiger partial charge in [0.2, 0.25) is 0 Å². The van der Waals surface area contributed by atoms with Crippen molar-refractivity contribution in [2.45, 2.75) is 6.92 Å². The number of benzene rings is 2. The number of carboxylic acid groups (broad SMARTS) is 2. The molecule has 4 heteroatoms. The van der Waals surface area contributed by atoms with Crippen molar-refractivity contribution in [3.8, 4) is 11.5 Å². The van der Waals surface area contributed by atoms with Crippen LogP contribution in [0.3, 0.4) is 0 Å². The summed E-state index contributed by atoms with van der Waals surface area (Å²) in [7, 11) is 0. The SMILES string of the molecule is Cc1ccc(Oc2ccccc2)cc1.O=C(O)O. The Morgan fingerprint density at radius 3 is 1.83 bits per heavy atom. The first-order chi connectivity index (χ1) is 8.58. The van der Waals surface area contributed by atoms with Crippen LogP contribution in [-0.4, -0.2) is 16.4 Å². The van der Waals surface area contributed by atoms with Gasteiger partial charge in [0.05, 0.1) is 0 Å². The van der Waals surface area contributed by atoms with E-state index in [4.69, 9.17) is 19.7 Å². The third-order valence-electron chi connectivity index (χ3n) is 2.00. The van der Waals surface area contributed by atoms with E-state index in [1.54, 1.807) is 0 Å². The number of aryl methyl sites for hydroxylation is 1. The van der Waals surface area contributed by atoms with E-state index < -0.39 is 6.16 Å². The van der Waals surface area contributed by atoms with Crippen molar-refractivity contribution in [3.05, 3.63) is 60.2 Å². The van der Waals surface area contributed by atoms with Crippen molar-refractivity contribution in [1.29, 1.82) is 0 Å². The van der Waals surface area contributed by atoms with Gasteiger partial charge in [-0.3, -0.25) is 0 Å². The summed E-state index contributed by atoms with van der Waals surface area (Å²) in [6.07, 6.45) is -1.83. The van der Waals surface area contributed by atoms with Crippen LogP contribution in [0.4, 0.5) is 4.79 Å². The molecule has 0 amide bonds. The van der Waals surface area contributed by atoms with Crippen molar-refractivity contribution in [2.75, 3.05) is 0 Å². The van der Waals surface area contributed by atoms with Gasteiger partial charge in [-0.1, -0.05) is 35.9 Å². The lowest BCUT2D eigenvalue weighted by atomic mass is 10.2. The van der Waals surface area contributed by atoms with Gasteiger partial charge in [-0.25, -0.2) is 4.79 Å². The minimum absolute atomic E-state index is 0.872. The van der Waals surface area contributed by atoms with E-state index in [1.807, 2.05) is 54.6 Å². The minimum Gasteiger partial charge on any atom is -0.457 e. The van der Waals surface area contributed by atoms with Crippen LogP contribution in [0.15, 0.2) is 54.6 Å². The molecule has 0 spiro atoms. The van der Waals surface area contributed by atoms with E-state index in [0.29, 0.717) is 0 Å². The maximum Gasteiger partial charge on any atom is 0.503 e. The van der Waals surface area contributed by atoms with Gasteiger partial charge >= 0.3 is 6.16 Å². The van der Waals surface area contributed by atoms with Crippen LogP contribution in [0.25, 0.3) is 0 Å². The number of carbonyl (C=O) groups is 1. The summed E-state index contributed by atoms with van der Waals surface area (Å²) in [4.78, 5) is 8.56. The van der Waals surface area contributed by atoms with E-state index in [2.05, 4.69) is 6.92 Å². The predicted octanol–water partition coefficient (Wildman–Crippen LogP) is 4.01. The van der Waals surface area contributed by atoms with Gasteiger partial charge in [0.1, 0.15) is 11.5 Å². The molecule has 0 radical (unpaired) electrons. The van der Waals surface area contributed by atoms with Crippen LogP contribution in [-0.2, 0) is 0 Å². The van der Waals surface area contributed by atoms with Crippen molar-refractivity contribution in [1.82, 2.24) is 0 Å². The second kappa shape index (κ2) is 6.96. The fraction of sp³-hybridized carbons (Fsp3) is 0.0714. The van der Waals surface area contributed by atoms with Gasteiger partial charge in [0, 0.05) is 0 Å². The van der Waals surface area contributed by atoms with Crippen LogP contribution in [0.5, 0.6) is 11.5 Å². The van der Waals surface area contributed by atoms with Gasteiger partial charge in [-0.05, 0) is 31.2 Å². The minimum atomic E-state index is -1.83. The highest BCUT2D eigenvalue weighted by Crippen LogP contribution is 2.20. The molecule has 2 aromatic carbocycles. The molecule has 0 aliphatic heterocycles. The third kappa shape index (κ3) is 5.55. The summed E-state index contributed by atoms with van der Waals surface area (Å²) in [5.74, 6) is 1.75. The lowest BCUT2D eigenvalue weighted by Gasteiger charge is -2.04. The molecule has 0 heterocycles. The van der Waals surface area contributed by atoms with Gasteiger partial charge in [-0.15, -0.1) is 0 Å². The van der Waals surface area contributed by atoms with Crippen molar-refractivity contribution in [2.24, 2.45) is 0 Å². The summed E-state index contributed by atoms with van der Waals surface area (Å²) >= 11 is 0. The Bertz CT molecular complexity index is 473. The molecule has 4 nitrogen and oxygen atoms in total. The average molecular weight is 246 g/mol. The molecular weight excluding hydrogens is 232 g/mol. The van der Waals surface area contributed by atoms with E-state index in [9.17, 15) is 0 Å². The van der Waals surface area contributed by atoms with Gasteiger partial charge in [-0.2, -0.15) is 0 Å². The monoisotopic (exact) mass is 246 g/mol. The van der Waals surface area contributed by atoms with Crippen LogP contribution in [0, 0.1) is 6.92 Å². The number of hydrogen-bond acceptors (Lipinski definition) is 2. The summed E-state index contributed by atoms with van der Waals surface area (Å²) in [5.41, 5.74) is 1.24. The Hall–Kier alpha value is -2.49. The lowest BCUT2D eigenvalue weighted by Crippen LogP contribution is -1.82. The normalized spacial score (nSPS) is 8.94. The Balaban J connectivity index is 0.000000357. The largest absolute Gasteiger partial charge is 0.503 e. The predicted molar refractivity (Wildman–Crippen MR) is 68.3 cm³/mol. The molecule has 0 aromatic heterocycles. The highest BCUT2D eigenvalue weighted by molar-refractivity contribution is 5.53. The summed E-state index contributed by atoms with van der Waals surface area (Å²) in [5, 5.41) is 13.9. The van der Waals surface area contributed by atoms with Crippen molar-refractivity contribution >= 4 is 6.16 Å². The van der Waals surface area contributed by atoms with Crippen LogP contribution >= 0.6 is 0 Å². The van der Waals surface area contributed by atoms with E-state index in [-0.39, 0.29) is 0 Å².